The molecule has 0 aliphatic rings. The largest absolute Gasteiger partial charge is 0.496 e. The highest BCUT2D eigenvalue weighted by molar-refractivity contribution is 7.92. The molecule has 0 spiro atoms. The number of anilines is 1. The van der Waals surface area contributed by atoms with Gasteiger partial charge in [-0.25, -0.2) is 8.42 Å². The zero-order valence-electron chi connectivity index (χ0n) is 20.1. The van der Waals surface area contributed by atoms with Crippen LogP contribution in [0.3, 0.4) is 0 Å². The molecule has 3 aromatic rings. The summed E-state index contributed by atoms with van der Waals surface area (Å²) < 4.78 is 33.5. The predicted molar refractivity (Wildman–Crippen MR) is 136 cm³/mol. The standard InChI is InChI=1S/C27H32N2O4S/c1-5-21-12-15-23(16-13-21)29(34(31,32)24-10-8-7-9-11-24)19-27(30)28-25(6-2)22-14-17-26(33-4)20(3)18-22/h7-18,25H,5-6,19H2,1-4H3,(H,28,30)/t25-/m0/s1. The zero-order valence-corrected chi connectivity index (χ0v) is 20.9. The highest BCUT2D eigenvalue weighted by Crippen LogP contribution is 2.26. The molecule has 0 aliphatic carbocycles. The minimum Gasteiger partial charge on any atom is -0.496 e. The third kappa shape index (κ3) is 5.78. The molecule has 3 aromatic carbocycles. The Morgan fingerprint density at radius 1 is 1.00 bits per heavy atom. The van der Waals surface area contributed by atoms with Gasteiger partial charge in [-0.3, -0.25) is 9.10 Å². The summed E-state index contributed by atoms with van der Waals surface area (Å²) in [4.78, 5) is 13.3. The van der Waals surface area contributed by atoms with E-state index < -0.39 is 10.0 Å². The normalized spacial score (nSPS) is 12.1. The van der Waals surface area contributed by atoms with Crippen LogP contribution in [-0.4, -0.2) is 28.0 Å². The molecule has 180 valence electrons. The molecule has 0 bridgehead atoms. The SMILES string of the molecule is CCc1ccc(N(CC(=O)N[C@@H](CC)c2ccc(OC)c(C)c2)S(=O)(=O)c2ccccc2)cc1. The van der Waals surface area contributed by atoms with Crippen molar-refractivity contribution in [1.29, 1.82) is 0 Å². The maximum Gasteiger partial charge on any atom is 0.264 e. The maximum absolute atomic E-state index is 13.5. The van der Waals surface area contributed by atoms with Gasteiger partial charge < -0.3 is 10.1 Å². The van der Waals surface area contributed by atoms with E-state index in [0.717, 1.165) is 28.9 Å². The number of benzene rings is 3. The minimum atomic E-state index is -3.94. The molecule has 1 atom stereocenters. The smallest absolute Gasteiger partial charge is 0.264 e. The molecule has 1 N–H and O–H groups in total. The monoisotopic (exact) mass is 480 g/mol. The van der Waals surface area contributed by atoms with Crippen molar-refractivity contribution in [2.45, 2.75) is 44.6 Å². The number of carbonyl (C=O) groups excluding carboxylic acids is 1. The molecule has 0 fully saturated rings. The number of rotatable bonds is 10. The number of methoxy groups -OCH3 is 1. The van der Waals surface area contributed by atoms with E-state index in [-0.39, 0.29) is 23.4 Å². The molecule has 0 saturated heterocycles. The van der Waals surface area contributed by atoms with Gasteiger partial charge in [0.15, 0.2) is 0 Å². The van der Waals surface area contributed by atoms with E-state index in [2.05, 4.69) is 5.32 Å². The molecule has 34 heavy (non-hydrogen) atoms. The van der Waals surface area contributed by atoms with Gasteiger partial charge in [0.05, 0.1) is 23.7 Å². The van der Waals surface area contributed by atoms with Gasteiger partial charge in [0.25, 0.3) is 10.0 Å². The van der Waals surface area contributed by atoms with Crippen LogP contribution < -0.4 is 14.4 Å². The molecular weight excluding hydrogens is 448 g/mol. The van der Waals surface area contributed by atoms with Gasteiger partial charge in [-0.15, -0.1) is 0 Å². The van der Waals surface area contributed by atoms with Crippen LogP contribution in [0, 0.1) is 6.92 Å². The number of sulfonamides is 1. The maximum atomic E-state index is 13.5. The van der Waals surface area contributed by atoms with Crippen molar-refractivity contribution in [2.75, 3.05) is 18.0 Å². The first-order valence-electron chi connectivity index (χ1n) is 11.4. The Bertz CT molecular complexity index is 1210. The van der Waals surface area contributed by atoms with Gasteiger partial charge in [0.2, 0.25) is 5.91 Å². The second kappa shape index (κ2) is 11.2. The molecule has 0 aliphatic heterocycles. The van der Waals surface area contributed by atoms with Crippen molar-refractivity contribution >= 4 is 21.6 Å². The highest BCUT2D eigenvalue weighted by Gasteiger charge is 2.28. The Kier molecular flexibility index (Phi) is 8.34. The molecule has 0 saturated carbocycles. The lowest BCUT2D eigenvalue weighted by molar-refractivity contribution is -0.120. The zero-order chi connectivity index (χ0) is 24.7. The predicted octanol–water partition coefficient (Wildman–Crippen LogP) is 5.03. The molecule has 0 aromatic heterocycles. The first kappa shape index (κ1) is 25.3. The Hall–Kier alpha value is -3.32. The lowest BCUT2D eigenvalue weighted by atomic mass is 10.0. The molecule has 6 nitrogen and oxygen atoms in total. The highest BCUT2D eigenvalue weighted by atomic mass is 32.2. The minimum absolute atomic E-state index is 0.139. The van der Waals surface area contributed by atoms with E-state index in [1.165, 1.54) is 16.4 Å². The fourth-order valence-electron chi connectivity index (χ4n) is 3.84. The third-order valence-electron chi connectivity index (χ3n) is 5.82. The topological polar surface area (TPSA) is 75.7 Å². The molecule has 3 rings (SSSR count). The molecule has 0 radical (unpaired) electrons. The first-order valence-corrected chi connectivity index (χ1v) is 12.8. The summed E-state index contributed by atoms with van der Waals surface area (Å²) in [5.41, 5.74) is 3.45. The Labute approximate surface area is 202 Å². The van der Waals surface area contributed by atoms with Crippen LogP contribution in [0.4, 0.5) is 5.69 Å². The van der Waals surface area contributed by atoms with Crippen LogP contribution in [0.5, 0.6) is 5.75 Å². The fourth-order valence-corrected chi connectivity index (χ4v) is 5.28. The fraction of sp³-hybridized carbons (Fsp3) is 0.296. The van der Waals surface area contributed by atoms with Gasteiger partial charge in [-0.1, -0.05) is 56.3 Å². The number of nitrogens with zero attached hydrogens (tertiary/aromatic N) is 1. The van der Waals surface area contributed by atoms with Crippen molar-refractivity contribution in [3.8, 4) is 5.75 Å². The van der Waals surface area contributed by atoms with Crippen LogP contribution in [0.25, 0.3) is 0 Å². The summed E-state index contributed by atoms with van der Waals surface area (Å²) in [6.45, 7) is 5.64. The van der Waals surface area contributed by atoms with Crippen LogP contribution in [0.1, 0.15) is 43.0 Å². The summed E-state index contributed by atoms with van der Waals surface area (Å²) in [5, 5.41) is 3.01. The van der Waals surface area contributed by atoms with Crippen molar-refractivity contribution in [3.05, 3.63) is 89.5 Å². The van der Waals surface area contributed by atoms with Crippen LogP contribution in [0.2, 0.25) is 0 Å². The molecule has 0 heterocycles. The van der Waals surface area contributed by atoms with Crippen LogP contribution in [0.15, 0.2) is 77.7 Å². The van der Waals surface area contributed by atoms with Crippen molar-refractivity contribution < 1.29 is 17.9 Å². The summed E-state index contributed by atoms with van der Waals surface area (Å²) in [6, 6.07) is 21.0. The number of nitrogens with one attached hydrogen (secondary N) is 1. The van der Waals surface area contributed by atoms with Crippen molar-refractivity contribution in [1.82, 2.24) is 5.32 Å². The van der Waals surface area contributed by atoms with Gasteiger partial charge in [0, 0.05) is 0 Å². The Morgan fingerprint density at radius 3 is 2.24 bits per heavy atom. The van der Waals surface area contributed by atoms with Gasteiger partial charge >= 0.3 is 0 Å². The second-order valence-corrected chi connectivity index (χ2v) is 9.96. The average Bonchev–Trinajstić information content (AvgIpc) is 2.86. The number of carbonyl (C=O) groups is 1. The van der Waals surface area contributed by atoms with E-state index in [1.54, 1.807) is 37.4 Å². The molecule has 0 unspecified atom stereocenters. The Balaban J connectivity index is 1.89. The summed E-state index contributed by atoms with van der Waals surface area (Å²) in [5.74, 6) is 0.403. The lowest BCUT2D eigenvalue weighted by Crippen LogP contribution is -2.42. The number of aryl methyl sites for hydroxylation is 2. The van der Waals surface area contributed by atoms with Gasteiger partial charge in [-0.2, -0.15) is 0 Å². The van der Waals surface area contributed by atoms with E-state index in [1.807, 2.05) is 51.1 Å². The third-order valence-corrected chi connectivity index (χ3v) is 7.60. The molecular formula is C27H32N2O4S. The number of amides is 1. The second-order valence-electron chi connectivity index (χ2n) is 8.10. The molecule has 1 amide bonds. The summed E-state index contributed by atoms with van der Waals surface area (Å²) in [7, 11) is -2.31. The number of hydrogen-bond acceptors (Lipinski definition) is 4. The van der Waals surface area contributed by atoms with E-state index in [0.29, 0.717) is 12.1 Å². The van der Waals surface area contributed by atoms with Gasteiger partial charge in [0.1, 0.15) is 12.3 Å². The van der Waals surface area contributed by atoms with Crippen molar-refractivity contribution in [2.24, 2.45) is 0 Å². The van der Waals surface area contributed by atoms with E-state index >= 15 is 0 Å². The molecule has 7 heteroatoms. The quantitative estimate of drug-likeness (QED) is 0.442. The van der Waals surface area contributed by atoms with Crippen LogP contribution >= 0.6 is 0 Å². The number of ether oxygens (including phenoxy) is 1. The van der Waals surface area contributed by atoms with Crippen LogP contribution in [-0.2, 0) is 21.2 Å². The van der Waals surface area contributed by atoms with E-state index in [9.17, 15) is 13.2 Å². The number of hydrogen-bond donors (Lipinski definition) is 1. The summed E-state index contributed by atoms with van der Waals surface area (Å²) >= 11 is 0. The van der Waals surface area contributed by atoms with Crippen molar-refractivity contribution in [3.63, 3.8) is 0 Å². The average molecular weight is 481 g/mol. The Morgan fingerprint density at radius 2 is 1.68 bits per heavy atom. The van der Waals surface area contributed by atoms with Gasteiger partial charge in [-0.05, 0) is 66.8 Å². The lowest BCUT2D eigenvalue weighted by Gasteiger charge is -2.26. The first-order chi connectivity index (χ1) is 16.3. The summed E-state index contributed by atoms with van der Waals surface area (Å²) in [6.07, 6.45) is 1.50. The van der Waals surface area contributed by atoms with E-state index in [4.69, 9.17) is 4.74 Å².